The molecule has 0 spiro atoms. The largest absolute Gasteiger partial charge is 0.497 e. The van der Waals surface area contributed by atoms with Crippen LogP contribution in [0.1, 0.15) is 28.4 Å². The number of benzene rings is 2. The summed E-state index contributed by atoms with van der Waals surface area (Å²) in [6.45, 7) is 1.75. The first-order valence-corrected chi connectivity index (χ1v) is 7.85. The van der Waals surface area contributed by atoms with Gasteiger partial charge in [-0.05, 0) is 42.3 Å². The second-order valence-electron chi connectivity index (χ2n) is 5.47. The van der Waals surface area contributed by atoms with Gasteiger partial charge in [0, 0.05) is 6.54 Å². The molecule has 1 amide bonds. The minimum atomic E-state index is -0.914. The number of carbonyl (C=O) groups excluding carboxylic acids is 2. The summed E-state index contributed by atoms with van der Waals surface area (Å²) in [5.74, 6) is -0.225. The number of nitrogens with one attached hydrogen (secondary N) is 1. The maximum Gasteiger partial charge on any atom is 0.338 e. The van der Waals surface area contributed by atoms with Crippen LogP contribution in [0.15, 0.2) is 48.5 Å². The highest BCUT2D eigenvalue weighted by Crippen LogP contribution is 2.11. The summed E-state index contributed by atoms with van der Waals surface area (Å²) in [6, 6.07) is 13.7. The van der Waals surface area contributed by atoms with Gasteiger partial charge in [-0.25, -0.2) is 4.79 Å². The van der Waals surface area contributed by atoms with Gasteiger partial charge in [-0.2, -0.15) is 0 Å². The molecule has 0 unspecified atom stereocenters. The van der Waals surface area contributed by atoms with Crippen molar-refractivity contribution in [2.45, 2.75) is 26.2 Å². The summed E-state index contributed by atoms with van der Waals surface area (Å²) in [5.41, 5.74) is 1.93. The third-order valence-corrected chi connectivity index (χ3v) is 3.65. The molecule has 0 fully saturated rings. The second kappa shape index (κ2) is 8.84. The van der Waals surface area contributed by atoms with Crippen molar-refractivity contribution in [3.8, 4) is 5.75 Å². The standard InChI is InChI=1S/C19H21NO5/c1-13(25-19(23)16-7-3-15(12-21)4-8-16)18(22)20-11-14-5-9-17(24-2)10-6-14/h3-10,13,21H,11-12H2,1-2H3,(H,20,22)/t13-/m0/s1. The van der Waals surface area contributed by atoms with Crippen molar-refractivity contribution in [2.75, 3.05) is 7.11 Å². The van der Waals surface area contributed by atoms with Gasteiger partial charge in [-0.15, -0.1) is 0 Å². The van der Waals surface area contributed by atoms with Crippen LogP contribution in [0, 0.1) is 0 Å². The Balaban J connectivity index is 1.84. The molecule has 0 bridgehead atoms. The van der Waals surface area contributed by atoms with E-state index in [1.165, 1.54) is 6.92 Å². The predicted molar refractivity (Wildman–Crippen MR) is 92.1 cm³/mol. The Kier molecular flexibility index (Phi) is 6.54. The van der Waals surface area contributed by atoms with E-state index < -0.39 is 12.1 Å². The predicted octanol–water partition coefficient (Wildman–Crippen LogP) is 2.05. The summed E-state index contributed by atoms with van der Waals surface area (Å²) < 4.78 is 10.2. The molecule has 2 N–H and O–H groups in total. The molecule has 1 atom stereocenters. The van der Waals surface area contributed by atoms with E-state index in [-0.39, 0.29) is 12.5 Å². The molecule has 0 saturated heterocycles. The number of aliphatic hydroxyl groups excluding tert-OH is 1. The van der Waals surface area contributed by atoms with Crippen LogP contribution >= 0.6 is 0 Å². The number of carbonyl (C=O) groups is 2. The fourth-order valence-corrected chi connectivity index (χ4v) is 2.10. The third kappa shape index (κ3) is 5.32. The van der Waals surface area contributed by atoms with E-state index in [1.807, 2.05) is 12.1 Å². The number of hydrogen-bond acceptors (Lipinski definition) is 5. The summed E-state index contributed by atoms with van der Waals surface area (Å²) in [6.07, 6.45) is -0.914. The van der Waals surface area contributed by atoms with Gasteiger partial charge in [-0.1, -0.05) is 24.3 Å². The van der Waals surface area contributed by atoms with Gasteiger partial charge in [0.1, 0.15) is 5.75 Å². The second-order valence-corrected chi connectivity index (χ2v) is 5.47. The highest BCUT2D eigenvalue weighted by molar-refractivity contribution is 5.92. The molecule has 0 radical (unpaired) electrons. The van der Waals surface area contributed by atoms with E-state index in [0.717, 1.165) is 11.3 Å². The molecule has 2 aromatic carbocycles. The Hall–Kier alpha value is -2.86. The summed E-state index contributed by atoms with van der Waals surface area (Å²) in [7, 11) is 1.59. The van der Waals surface area contributed by atoms with Crippen LogP contribution in [0.3, 0.4) is 0 Å². The van der Waals surface area contributed by atoms with Gasteiger partial charge < -0.3 is 19.9 Å². The van der Waals surface area contributed by atoms with Crippen molar-refractivity contribution in [1.82, 2.24) is 5.32 Å². The molecule has 6 heteroatoms. The van der Waals surface area contributed by atoms with Gasteiger partial charge in [0.05, 0.1) is 19.3 Å². The number of aliphatic hydroxyl groups is 1. The Morgan fingerprint density at radius 2 is 1.64 bits per heavy atom. The average molecular weight is 343 g/mol. The molecule has 0 heterocycles. The van der Waals surface area contributed by atoms with Crippen molar-refractivity contribution >= 4 is 11.9 Å². The Labute approximate surface area is 146 Å². The van der Waals surface area contributed by atoms with E-state index in [1.54, 1.807) is 43.5 Å². The van der Waals surface area contributed by atoms with E-state index in [9.17, 15) is 9.59 Å². The van der Waals surface area contributed by atoms with E-state index in [4.69, 9.17) is 14.6 Å². The van der Waals surface area contributed by atoms with Crippen LogP contribution in [0.5, 0.6) is 5.75 Å². The zero-order valence-electron chi connectivity index (χ0n) is 14.2. The number of hydrogen-bond donors (Lipinski definition) is 2. The minimum absolute atomic E-state index is 0.0977. The molecular formula is C19H21NO5. The van der Waals surface area contributed by atoms with Crippen molar-refractivity contribution in [3.05, 3.63) is 65.2 Å². The van der Waals surface area contributed by atoms with E-state index >= 15 is 0 Å². The lowest BCUT2D eigenvalue weighted by Crippen LogP contribution is -2.35. The van der Waals surface area contributed by atoms with Crippen molar-refractivity contribution in [3.63, 3.8) is 0 Å². The maximum atomic E-state index is 12.1. The van der Waals surface area contributed by atoms with Crippen LogP contribution in [0.25, 0.3) is 0 Å². The molecule has 2 aromatic rings. The van der Waals surface area contributed by atoms with E-state index in [0.29, 0.717) is 17.7 Å². The lowest BCUT2D eigenvalue weighted by atomic mass is 10.1. The number of amides is 1. The average Bonchev–Trinajstić information content (AvgIpc) is 2.66. The Bertz CT molecular complexity index is 710. The zero-order chi connectivity index (χ0) is 18.2. The normalized spacial score (nSPS) is 11.5. The van der Waals surface area contributed by atoms with Crippen LogP contribution in [0.4, 0.5) is 0 Å². The van der Waals surface area contributed by atoms with E-state index in [2.05, 4.69) is 5.32 Å². The number of methoxy groups -OCH3 is 1. The van der Waals surface area contributed by atoms with Gasteiger partial charge in [-0.3, -0.25) is 4.79 Å². The molecule has 25 heavy (non-hydrogen) atoms. The van der Waals surface area contributed by atoms with Crippen molar-refractivity contribution < 1.29 is 24.2 Å². The van der Waals surface area contributed by atoms with Gasteiger partial charge >= 0.3 is 5.97 Å². The fourth-order valence-electron chi connectivity index (χ4n) is 2.10. The lowest BCUT2D eigenvalue weighted by Gasteiger charge is -2.14. The van der Waals surface area contributed by atoms with Crippen LogP contribution in [0.2, 0.25) is 0 Å². The number of esters is 1. The maximum absolute atomic E-state index is 12.1. The van der Waals surface area contributed by atoms with Gasteiger partial charge in [0.2, 0.25) is 0 Å². The summed E-state index contributed by atoms with van der Waals surface area (Å²) in [4.78, 5) is 24.1. The molecular weight excluding hydrogens is 322 g/mol. The van der Waals surface area contributed by atoms with Crippen molar-refractivity contribution in [2.24, 2.45) is 0 Å². The zero-order valence-corrected chi connectivity index (χ0v) is 14.2. The molecule has 132 valence electrons. The SMILES string of the molecule is COc1ccc(CNC(=O)[C@H](C)OC(=O)c2ccc(CO)cc2)cc1. The molecule has 0 aliphatic carbocycles. The molecule has 0 aliphatic heterocycles. The Morgan fingerprint density at radius 1 is 1.04 bits per heavy atom. The highest BCUT2D eigenvalue weighted by Gasteiger charge is 2.18. The molecule has 6 nitrogen and oxygen atoms in total. The van der Waals surface area contributed by atoms with Crippen LogP contribution in [-0.2, 0) is 22.7 Å². The first-order chi connectivity index (χ1) is 12.0. The highest BCUT2D eigenvalue weighted by atomic mass is 16.5. The molecule has 0 aromatic heterocycles. The van der Waals surface area contributed by atoms with Crippen molar-refractivity contribution in [1.29, 1.82) is 0 Å². The van der Waals surface area contributed by atoms with Gasteiger partial charge in [0.25, 0.3) is 5.91 Å². The van der Waals surface area contributed by atoms with Gasteiger partial charge in [0.15, 0.2) is 6.10 Å². The topological polar surface area (TPSA) is 84.9 Å². The third-order valence-electron chi connectivity index (χ3n) is 3.65. The monoisotopic (exact) mass is 343 g/mol. The quantitative estimate of drug-likeness (QED) is 0.752. The first kappa shape index (κ1) is 18.5. The number of rotatable bonds is 7. The molecule has 2 rings (SSSR count). The fraction of sp³-hybridized carbons (Fsp3) is 0.263. The Morgan fingerprint density at radius 3 is 2.20 bits per heavy atom. The lowest BCUT2D eigenvalue weighted by molar-refractivity contribution is -0.129. The summed E-state index contributed by atoms with van der Waals surface area (Å²) in [5, 5.41) is 11.7. The van der Waals surface area contributed by atoms with Crippen LogP contribution in [-0.4, -0.2) is 30.2 Å². The molecule has 0 saturated carbocycles. The smallest absolute Gasteiger partial charge is 0.338 e. The molecule has 0 aliphatic rings. The van der Waals surface area contributed by atoms with Crippen LogP contribution < -0.4 is 10.1 Å². The first-order valence-electron chi connectivity index (χ1n) is 7.85. The number of ether oxygens (including phenoxy) is 2. The summed E-state index contributed by atoms with van der Waals surface area (Å²) >= 11 is 0. The minimum Gasteiger partial charge on any atom is -0.497 e.